The Kier molecular flexibility index (Phi) is 5.52. The van der Waals surface area contributed by atoms with Gasteiger partial charge in [0.1, 0.15) is 18.8 Å². The molecule has 2 saturated heterocycles. The standard InChI is InChI=1S/C16H15ClN5O6PS2/c17-6-1-3-7(4-2-6)31-16-19-9-12(20-15(18)21-13(9)24)22(16)14-10(23)11-8(27-14)5-26-29(25,30)28-11/h1-4,8-11,14,23H,5H2,(H,25,30)(H2,18,21,24)/t8?,9?,10?,11-,14+,29?/m0/s1. The van der Waals surface area contributed by atoms with Crippen LogP contribution in [-0.4, -0.2) is 70.1 Å². The number of aliphatic imine (C=N–C) groups is 3. The molecule has 1 aromatic rings. The Labute approximate surface area is 191 Å². The van der Waals surface area contributed by atoms with Crippen molar-refractivity contribution in [2.75, 3.05) is 6.61 Å². The van der Waals surface area contributed by atoms with Crippen molar-refractivity contribution >= 4 is 65.6 Å². The molecule has 4 heterocycles. The monoisotopic (exact) mass is 503 g/mol. The first-order valence-electron chi connectivity index (χ1n) is 8.98. The highest BCUT2D eigenvalue weighted by atomic mass is 35.5. The van der Waals surface area contributed by atoms with Crippen molar-refractivity contribution in [1.29, 1.82) is 0 Å². The lowest BCUT2D eigenvalue weighted by Crippen LogP contribution is -2.51. The van der Waals surface area contributed by atoms with Gasteiger partial charge in [0.15, 0.2) is 29.4 Å². The van der Waals surface area contributed by atoms with Crippen molar-refractivity contribution < 1.29 is 28.6 Å². The highest BCUT2D eigenvalue weighted by molar-refractivity contribution is 8.46. The largest absolute Gasteiger partial charge is 0.622 e. The van der Waals surface area contributed by atoms with E-state index in [2.05, 4.69) is 27.2 Å². The minimum atomic E-state index is -3.61. The van der Waals surface area contributed by atoms with Crippen molar-refractivity contribution in [3.8, 4) is 0 Å². The van der Waals surface area contributed by atoms with E-state index in [1.807, 2.05) is 0 Å². The fourth-order valence-corrected chi connectivity index (χ4v) is 6.08. The van der Waals surface area contributed by atoms with Gasteiger partial charge in [-0.25, -0.2) is 4.99 Å². The average Bonchev–Trinajstić information content (AvgIpc) is 3.20. The van der Waals surface area contributed by atoms with Crippen molar-refractivity contribution in [2.45, 2.75) is 35.5 Å². The van der Waals surface area contributed by atoms with Crippen LogP contribution in [0, 0.1) is 0 Å². The summed E-state index contributed by atoms with van der Waals surface area (Å²) in [5.41, 5.74) is 5.69. The van der Waals surface area contributed by atoms with Crippen molar-refractivity contribution in [1.82, 2.24) is 4.90 Å². The molecular weight excluding hydrogens is 489 g/mol. The first-order valence-corrected chi connectivity index (χ1v) is 12.9. The smallest absolute Gasteiger partial charge is 0.296 e. The van der Waals surface area contributed by atoms with Crippen LogP contribution in [0.1, 0.15) is 0 Å². The number of nitrogens with zero attached hydrogens (tertiary/aromatic N) is 4. The van der Waals surface area contributed by atoms with Gasteiger partial charge in [0, 0.05) is 9.92 Å². The summed E-state index contributed by atoms with van der Waals surface area (Å²) in [4.78, 5) is 39.0. The number of guanidine groups is 1. The van der Waals surface area contributed by atoms with Crippen LogP contribution < -0.4 is 10.6 Å². The van der Waals surface area contributed by atoms with E-state index in [9.17, 15) is 14.8 Å². The third-order valence-corrected chi connectivity index (χ3v) is 7.73. The Bertz CT molecular complexity index is 1020. The summed E-state index contributed by atoms with van der Waals surface area (Å²) in [7, 11) is -3.61. The number of halogens is 1. The average molecular weight is 504 g/mol. The molecule has 1 amide bonds. The van der Waals surface area contributed by atoms with Gasteiger partial charge >= 0.3 is 0 Å². The second-order valence-corrected chi connectivity index (χ2v) is 11.3. The van der Waals surface area contributed by atoms with Crippen LogP contribution >= 0.6 is 42.8 Å². The number of thioether (sulfide) groups is 1. The highest BCUT2D eigenvalue weighted by Crippen LogP contribution is 2.62. The summed E-state index contributed by atoms with van der Waals surface area (Å²) in [6.45, 7) is -0.0813. The first kappa shape index (κ1) is 21.6. The Morgan fingerprint density at radius 1 is 1.35 bits per heavy atom. The van der Waals surface area contributed by atoms with E-state index in [1.54, 1.807) is 24.3 Å². The lowest BCUT2D eigenvalue weighted by Gasteiger charge is -2.32. The molecule has 11 nitrogen and oxygen atoms in total. The summed E-state index contributed by atoms with van der Waals surface area (Å²) < 4.78 is 16.4. The molecular formula is C16H15ClN5O6PS2. The number of rotatable bonds is 2. The molecule has 0 aromatic heterocycles. The quantitative estimate of drug-likeness (QED) is 0.379. The molecule has 3 N–H and O–H groups in total. The van der Waals surface area contributed by atoms with Crippen molar-refractivity contribution in [2.24, 2.45) is 20.7 Å². The SMILES string of the molecule is NC1=NC(=O)C2N=C(Sc3ccc(Cl)cc3)N([C@@H]3OC4CO[P+]([O-])(S)O[C@@H]4C3O)C2=N1. The number of thiol groups is 1. The zero-order chi connectivity index (χ0) is 21.9. The summed E-state index contributed by atoms with van der Waals surface area (Å²) in [6.07, 6.45) is -3.97. The Morgan fingerprint density at radius 3 is 2.84 bits per heavy atom. The molecule has 0 aliphatic carbocycles. The number of amidine groups is 2. The summed E-state index contributed by atoms with van der Waals surface area (Å²) in [5, 5.41) is 11.8. The molecule has 5 rings (SSSR count). The maximum atomic E-state index is 12.4. The minimum Gasteiger partial charge on any atom is -0.622 e. The van der Waals surface area contributed by atoms with Gasteiger partial charge in [-0.1, -0.05) is 23.4 Å². The number of fused-ring (bicyclic) bond motifs is 2. The Morgan fingerprint density at radius 2 is 2.10 bits per heavy atom. The van der Waals surface area contributed by atoms with Gasteiger partial charge in [-0.15, -0.1) is 0 Å². The number of benzene rings is 1. The van der Waals surface area contributed by atoms with E-state index >= 15 is 0 Å². The van der Waals surface area contributed by atoms with Crippen LogP contribution in [0.3, 0.4) is 0 Å². The summed E-state index contributed by atoms with van der Waals surface area (Å²) in [6, 6.07) is 5.97. The number of hydrogen-bond donors (Lipinski definition) is 3. The summed E-state index contributed by atoms with van der Waals surface area (Å²) in [5.74, 6) is -0.631. The van der Waals surface area contributed by atoms with Gasteiger partial charge in [0.25, 0.3) is 13.1 Å². The zero-order valence-electron chi connectivity index (χ0n) is 15.4. The number of nitrogens with two attached hydrogens (primary N) is 1. The molecule has 0 saturated carbocycles. The van der Waals surface area contributed by atoms with E-state index in [1.165, 1.54) is 16.7 Å². The molecule has 15 heteroatoms. The van der Waals surface area contributed by atoms with Gasteiger partial charge in [0.2, 0.25) is 5.96 Å². The molecule has 2 fully saturated rings. The number of aliphatic hydroxyl groups excluding tert-OH is 1. The van der Waals surface area contributed by atoms with Gasteiger partial charge < -0.3 is 20.5 Å². The molecule has 0 radical (unpaired) electrons. The zero-order valence-corrected chi connectivity index (χ0v) is 18.8. The molecule has 4 aliphatic rings. The topological polar surface area (TPSA) is 154 Å². The van der Waals surface area contributed by atoms with Crippen LogP contribution in [0.15, 0.2) is 44.1 Å². The summed E-state index contributed by atoms with van der Waals surface area (Å²) >= 11 is 11.0. The Hall–Kier alpha value is -1.28. The van der Waals surface area contributed by atoms with Crippen LogP contribution in [0.5, 0.6) is 0 Å². The number of amides is 1. The van der Waals surface area contributed by atoms with Crippen LogP contribution in [0.4, 0.5) is 0 Å². The van der Waals surface area contributed by atoms with Gasteiger partial charge in [-0.3, -0.25) is 9.69 Å². The van der Waals surface area contributed by atoms with Crippen LogP contribution in [-0.2, 0) is 18.6 Å². The first-order chi connectivity index (χ1) is 14.7. The van der Waals surface area contributed by atoms with Crippen molar-refractivity contribution in [3.05, 3.63) is 29.3 Å². The normalized spacial score (nSPS) is 37.2. The predicted molar refractivity (Wildman–Crippen MR) is 116 cm³/mol. The second kappa shape index (κ2) is 7.94. The Balaban J connectivity index is 1.49. The molecule has 6 atom stereocenters. The molecule has 4 aliphatic heterocycles. The van der Waals surface area contributed by atoms with Crippen LogP contribution in [0.2, 0.25) is 5.02 Å². The van der Waals surface area contributed by atoms with Crippen molar-refractivity contribution in [3.63, 3.8) is 0 Å². The number of aliphatic hydroxyl groups is 1. The van der Waals surface area contributed by atoms with E-state index in [0.717, 1.165) is 4.90 Å². The molecule has 0 spiro atoms. The third-order valence-electron chi connectivity index (χ3n) is 4.87. The maximum absolute atomic E-state index is 12.4. The lowest BCUT2D eigenvalue weighted by atomic mass is 10.1. The van der Waals surface area contributed by atoms with E-state index in [-0.39, 0.29) is 18.4 Å². The maximum Gasteiger partial charge on any atom is 0.296 e. The molecule has 31 heavy (non-hydrogen) atoms. The van der Waals surface area contributed by atoms with Gasteiger partial charge in [-0.05, 0) is 24.3 Å². The molecule has 4 unspecified atom stereocenters. The van der Waals surface area contributed by atoms with E-state index in [4.69, 9.17) is 31.1 Å². The molecule has 0 bridgehead atoms. The second-order valence-electron chi connectivity index (χ2n) is 6.91. The number of carbonyl (C=O) groups excluding carboxylic acids is 1. The third kappa shape index (κ3) is 3.99. The van der Waals surface area contributed by atoms with Gasteiger partial charge in [0.05, 0.1) is 12.2 Å². The van der Waals surface area contributed by atoms with E-state index < -0.39 is 43.6 Å². The van der Waals surface area contributed by atoms with Crippen LogP contribution in [0.25, 0.3) is 0 Å². The fraction of sp³-hybridized carbons (Fsp3) is 0.375. The number of hydrogen-bond acceptors (Lipinski definition) is 12. The molecule has 1 aromatic carbocycles. The fourth-order valence-electron chi connectivity index (χ4n) is 3.53. The number of carbonyl (C=O) groups is 1. The highest BCUT2D eigenvalue weighted by Gasteiger charge is 2.58. The minimum absolute atomic E-state index is 0.0813. The molecule has 164 valence electrons. The lowest BCUT2D eigenvalue weighted by molar-refractivity contribution is -0.229. The number of ether oxygens (including phenoxy) is 1. The van der Waals surface area contributed by atoms with Gasteiger partial charge in [-0.2, -0.15) is 19.0 Å². The van der Waals surface area contributed by atoms with E-state index in [0.29, 0.717) is 10.2 Å². The predicted octanol–water partition coefficient (Wildman–Crippen LogP) is 0.195.